The summed E-state index contributed by atoms with van der Waals surface area (Å²) in [5.74, 6) is -1.41. The van der Waals surface area contributed by atoms with Crippen molar-refractivity contribution < 1.29 is 18.3 Å². The van der Waals surface area contributed by atoms with Gasteiger partial charge in [-0.25, -0.2) is 8.78 Å². The first-order valence-electron chi connectivity index (χ1n) is 6.73. The van der Waals surface area contributed by atoms with E-state index in [0.717, 1.165) is 32.3 Å². The lowest BCUT2D eigenvalue weighted by molar-refractivity contribution is -0.118. The predicted octanol–water partition coefficient (Wildman–Crippen LogP) is 3.43. The van der Waals surface area contributed by atoms with Gasteiger partial charge in [0.1, 0.15) is 17.4 Å². The lowest BCUT2D eigenvalue weighted by Gasteiger charge is -2.08. The molecule has 1 fully saturated rings. The minimum Gasteiger partial charge on any atom is -0.378 e. The van der Waals surface area contributed by atoms with Gasteiger partial charge in [-0.15, -0.1) is 0 Å². The zero-order valence-corrected chi connectivity index (χ0v) is 10.8. The molecule has 19 heavy (non-hydrogen) atoms. The number of rotatable bonds is 6. The molecule has 2 nitrogen and oxygen atoms in total. The van der Waals surface area contributed by atoms with Gasteiger partial charge in [0.05, 0.1) is 6.10 Å². The maximum atomic E-state index is 13.4. The van der Waals surface area contributed by atoms with E-state index in [-0.39, 0.29) is 23.9 Å². The summed E-state index contributed by atoms with van der Waals surface area (Å²) in [6, 6.07) is 3.66. The van der Waals surface area contributed by atoms with Crippen LogP contribution in [0.15, 0.2) is 18.2 Å². The minimum absolute atomic E-state index is 0.121. The van der Waals surface area contributed by atoms with Crippen LogP contribution < -0.4 is 0 Å². The van der Waals surface area contributed by atoms with Gasteiger partial charge >= 0.3 is 0 Å². The Balaban J connectivity index is 1.77. The molecule has 1 aromatic rings. The molecular formula is C15H18F2O2. The summed E-state index contributed by atoms with van der Waals surface area (Å²) in [7, 11) is 0. The van der Waals surface area contributed by atoms with Crippen LogP contribution in [0.5, 0.6) is 0 Å². The topological polar surface area (TPSA) is 26.3 Å². The third-order valence-corrected chi connectivity index (χ3v) is 3.44. The zero-order chi connectivity index (χ0) is 13.7. The molecule has 1 aliphatic heterocycles. The molecule has 0 saturated carbocycles. The summed E-state index contributed by atoms with van der Waals surface area (Å²) in [6.07, 6.45) is 4.16. The van der Waals surface area contributed by atoms with E-state index in [0.29, 0.717) is 6.42 Å². The van der Waals surface area contributed by atoms with Crippen molar-refractivity contribution in [3.05, 3.63) is 35.4 Å². The maximum absolute atomic E-state index is 13.4. The molecule has 4 heteroatoms. The van der Waals surface area contributed by atoms with Gasteiger partial charge in [-0.05, 0) is 37.8 Å². The first-order chi connectivity index (χ1) is 9.16. The van der Waals surface area contributed by atoms with Crippen LogP contribution >= 0.6 is 0 Å². The van der Waals surface area contributed by atoms with Crippen LogP contribution in [0.4, 0.5) is 8.78 Å². The Labute approximate surface area is 111 Å². The Morgan fingerprint density at radius 2 is 2.05 bits per heavy atom. The van der Waals surface area contributed by atoms with E-state index in [2.05, 4.69) is 0 Å². The van der Waals surface area contributed by atoms with Crippen LogP contribution in [0.3, 0.4) is 0 Å². The fourth-order valence-corrected chi connectivity index (χ4v) is 2.39. The van der Waals surface area contributed by atoms with Gasteiger partial charge in [-0.2, -0.15) is 0 Å². The van der Waals surface area contributed by atoms with E-state index < -0.39 is 11.6 Å². The Morgan fingerprint density at radius 3 is 2.68 bits per heavy atom. The second kappa shape index (κ2) is 6.75. The van der Waals surface area contributed by atoms with Crippen molar-refractivity contribution in [2.45, 2.75) is 44.6 Å². The number of ketones is 1. The number of carbonyl (C=O) groups excluding carboxylic acids is 1. The smallest absolute Gasteiger partial charge is 0.137 e. The van der Waals surface area contributed by atoms with Crippen molar-refractivity contribution in [1.29, 1.82) is 0 Å². The number of ether oxygens (including phenoxy) is 1. The summed E-state index contributed by atoms with van der Waals surface area (Å²) in [5.41, 5.74) is -0.121. The number of halogens is 2. The Hall–Kier alpha value is -1.29. The molecule has 0 radical (unpaired) electrons. The number of hydrogen-bond acceptors (Lipinski definition) is 2. The summed E-state index contributed by atoms with van der Waals surface area (Å²) >= 11 is 0. The van der Waals surface area contributed by atoms with Crippen molar-refractivity contribution >= 4 is 5.78 Å². The number of Topliss-reactive ketones (excluding diaryl/α,β-unsaturated/α-hetero) is 1. The van der Waals surface area contributed by atoms with Crippen molar-refractivity contribution in [1.82, 2.24) is 0 Å². The van der Waals surface area contributed by atoms with Gasteiger partial charge in [-0.3, -0.25) is 4.79 Å². The van der Waals surface area contributed by atoms with E-state index in [1.54, 1.807) is 0 Å². The predicted molar refractivity (Wildman–Crippen MR) is 67.9 cm³/mol. The van der Waals surface area contributed by atoms with Gasteiger partial charge in [0.15, 0.2) is 0 Å². The average molecular weight is 268 g/mol. The van der Waals surface area contributed by atoms with E-state index >= 15 is 0 Å². The molecule has 1 saturated heterocycles. The molecule has 1 aromatic carbocycles. The fraction of sp³-hybridized carbons (Fsp3) is 0.533. The molecule has 0 aliphatic carbocycles. The Bertz CT molecular complexity index is 420. The molecule has 0 spiro atoms. The van der Waals surface area contributed by atoms with E-state index in [4.69, 9.17) is 4.74 Å². The molecule has 2 rings (SSSR count). The standard InChI is InChI=1S/C15H18F2O2/c16-14-7-2-8-15(17)13(14)10-11(18)4-1-5-12-6-3-9-19-12/h2,7-8,12H,1,3-6,9-10H2. The van der Waals surface area contributed by atoms with Crippen LogP contribution in [0.2, 0.25) is 0 Å². The molecule has 1 heterocycles. The van der Waals surface area contributed by atoms with Gasteiger partial charge < -0.3 is 4.74 Å². The van der Waals surface area contributed by atoms with Gasteiger partial charge in [0, 0.05) is 25.0 Å². The van der Waals surface area contributed by atoms with Crippen LogP contribution in [-0.4, -0.2) is 18.5 Å². The molecule has 1 atom stereocenters. The van der Waals surface area contributed by atoms with Crippen molar-refractivity contribution in [3.63, 3.8) is 0 Å². The van der Waals surface area contributed by atoms with Gasteiger partial charge in [0.2, 0.25) is 0 Å². The number of hydrogen-bond donors (Lipinski definition) is 0. The van der Waals surface area contributed by atoms with Gasteiger partial charge in [-0.1, -0.05) is 6.07 Å². The Kier molecular flexibility index (Phi) is 5.02. The highest BCUT2D eigenvalue weighted by atomic mass is 19.1. The monoisotopic (exact) mass is 268 g/mol. The number of carbonyl (C=O) groups is 1. The third kappa shape index (κ3) is 4.10. The van der Waals surface area contributed by atoms with E-state index in [9.17, 15) is 13.6 Å². The molecule has 0 N–H and O–H groups in total. The fourth-order valence-electron chi connectivity index (χ4n) is 2.39. The van der Waals surface area contributed by atoms with Crippen molar-refractivity contribution in [3.8, 4) is 0 Å². The highest BCUT2D eigenvalue weighted by Gasteiger charge is 2.16. The number of benzene rings is 1. The van der Waals surface area contributed by atoms with E-state index in [1.165, 1.54) is 18.2 Å². The molecule has 104 valence electrons. The maximum Gasteiger partial charge on any atom is 0.137 e. The molecule has 1 aliphatic rings. The summed E-state index contributed by atoms with van der Waals surface area (Å²) < 4.78 is 32.2. The van der Waals surface area contributed by atoms with Crippen molar-refractivity contribution in [2.24, 2.45) is 0 Å². The normalized spacial score (nSPS) is 18.7. The molecule has 1 unspecified atom stereocenters. The first kappa shape index (κ1) is 14.1. The Morgan fingerprint density at radius 1 is 1.32 bits per heavy atom. The molecule has 0 bridgehead atoms. The minimum atomic E-state index is -0.646. The third-order valence-electron chi connectivity index (χ3n) is 3.44. The zero-order valence-electron chi connectivity index (χ0n) is 10.8. The second-order valence-corrected chi connectivity index (χ2v) is 4.94. The first-order valence-corrected chi connectivity index (χ1v) is 6.73. The largest absolute Gasteiger partial charge is 0.378 e. The van der Waals surface area contributed by atoms with Crippen LogP contribution in [0.25, 0.3) is 0 Å². The van der Waals surface area contributed by atoms with Crippen LogP contribution in [-0.2, 0) is 16.0 Å². The molecule has 0 amide bonds. The van der Waals surface area contributed by atoms with E-state index in [1.807, 2.05) is 0 Å². The van der Waals surface area contributed by atoms with Gasteiger partial charge in [0.25, 0.3) is 0 Å². The second-order valence-electron chi connectivity index (χ2n) is 4.94. The summed E-state index contributed by atoms with van der Waals surface area (Å²) in [4.78, 5) is 11.7. The summed E-state index contributed by atoms with van der Waals surface area (Å²) in [6.45, 7) is 0.805. The highest BCUT2D eigenvalue weighted by Crippen LogP contribution is 2.19. The van der Waals surface area contributed by atoms with Crippen LogP contribution in [0.1, 0.15) is 37.7 Å². The SMILES string of the molecule is O=C(CCCC1CCCO1)Cc1c(F)cccc1F. The highest BCUT2D eigenvalue weighted by molar-refractivity contribution is 5.80. The van der Waals surface area contributed by atoms with Crippen LogP contribution in [0, 0.1) is 11.6 Å². The lowest BCUT2D eigenvalue weighted by atomic mass is 10.0. The average Bonchev–Trinajstić information content (AvgIpc) is 2.87. The molecular weight excluding hydrogens is 250 g/mol. The molecule has 0 aromatic heterocycles. The quantitative estimate of drug-likeness (QED) is 0.790. The van der Waals surface area contributed by atoms with Crippen molar-refractivity contribution in [2.75, 3.05) is 6.61 Å². The lowest BCUT2D eigenvalue weighted by Crippen LogP contribution is -2.09. The summed E-state index contributed by atoms with van der Waals surface area (Å²) in [5, 5.41) is 0.